The number of fused-ring (bicyclic) bond motifs is 1. The van der Waals surface area contributed by atoms with Crippen LogP contribution in [0.25, 0.3) is 22.0 Å². The highest BCUT2D eigenvalue weighted by molar-refractivity contribution is 5.98. The zero-order valence-electron chi connectivity index (χ0n) is 18.9. The molecule has 33 heavy (non-hydrogen) atoms. The second-order valence-corrected chi connectivity index (χ2v) is 8.78. The summed E-state index contributed by atoms with van der Waals surface area (Å²) < 4.78 is 1.76. The molecule has 0 saturated carbocycles. The number of piperidine rings is 1. The van der Waals surface area contributed by atoms with Gasteiger partial charge in [-0.25, -0.2) is 0 Å². The van der Waals surface area contributed by atoms with Crippen molar-refractivity contribution in [1.29, 1.82) is 0 Å². The summed E-state index contributed by atoms with van der Waals surface area (Å²) in [6, 6.07) is 6.31. The maximum Gasteiger partial charge on any atom is 0.170 e. The zero-order valence-corrected chi connectivity index (χ0v) is 18.9. The highest BCUT2D eigenvalue weighted by atomic mass is 16.1. The highest BCUT2D eigenvalue weighted by Gasteiger charge is 2.17. The van der Waals surface area contributed by atoms with Gasteiger partial charge >= 0.3 is 0 Å². The minimum absolute atomic E-state index is 0.00208. The van der Waals surface area contributed by atoms with Crippen LogP contribution in [0.4, 0.5) is 5.69 Å². The Kier molecular flexibility index (Phi) is 5.83. The number of hydrogen-bond acceptors (Lipinski definition) is 7. The molecule has 1 fully saturated rings. The molecule has 0 amide bonds. The van der Waals surface area contributed by atoms with E-state index in [0.717, 1.165) is 53.6 Å². The Morgan fingerprint density at radius 2 is 1.85 bits per heavy atom. The molecular weight excluding hydrogens is 414 g/mol. The number of nitrogens with zero attached hydrogens (tertiary/aromatic N) is 6. The number of Topliss-reactive ketones (excluding diaryl/α,β-unsaturated/α-hetero) is 1. The monoisotopic (exact) mass is 441 g/mol. The fraction of sp³-hybridized carbons (Fsp3) is 0.320. The van der Waals surface area contributed by atoms with E-state index in [0.29, 0.717) is 17.3 Å². The van der Waals surface area contributed by atoms with Gasteiger partial charge in [-0.2, -0.15) is 5.10 Å². The first kappa shape index (κ1) is 21.2. The summed E-state index contributed by atoms with van der Waals surface area (Å²) in [5.74, 6) is -0.00208. The minimum Gasteiger partial charge on any atom is -0.381 e. The van der Waals surface area contributed by atoms with E-state index in [2.05, 4.69) is 43.4 Å². The fourth-order valence-corrected chi connectivity index (χ4v) is 4.23. The zero-order chi connectivity index (χ0) is 22.8. The topological polar surface area (TPSA) is 88.8 Å². The van der Waals surface area contributed by atoms with Crippen LogP contribution in [-0.2, 0) is 13.5 Å². The van der Waals surface area contributed by atoms with Gasteiger partial charge in [-0.15, -0.1) is 0 Å². The smallest absolute Gasteiger partial charge is 0.170 e. The van der Waals surface area contributed by atoms with Gasteiger partial charge in [0, 0.05) is 65.6 Å². The number of aromatic nitrogens is 5. The number of rotatable bonds is 6. The normalized spacial score (nSPS) is 15.1. The van der Waals surface area contributed by atoms with Crippen LogP contribution in [-0.4, -0.2) is 61.6 Å². The average Bonchev–Trinajstić information content (AvgIpc) is 3.26. The van der Waals surface area contributed by atoms with Crippen LogP contribution in [0, 0.1) is 0 Å². The Balaban J connectivity index is 1.31. The third-order valence-electron chi connectivity index (χ3n) is 6.15. The molecule has 5 heterocycles. The molecule has 0 spiro atoms. The molecule has 0 radical (unpaired) electrons. The van der Waals surface area contributed by atoms with Gasteiger partial charge in [0.05, 0.1) is 30.0 Å². The Hall–Kier alpha value is -3.65. The van der Waals surface area contributed by atoms with Crippen molar-refractivity contribution in [1.82, 2.24) is 29.6 Å². The van der Waals surface area contributed by atoms with Crippen molar-refractivity contribution in [3.63, 3.8) is 0 Å². The Bertz CT molecular complexity index is 1290. The third-order valence-corrected chi connectivity index (χ3v) is 6.15. The number of anilines is 1. The molecule has 168 valence electrons. The van der Waals surface area contributed by atoms with Crippen LogP contribution < -0.4 is 5.32 Å². The lowest BCUT2D eigenvalue weighted by atomic mass is 10.0. The second kappa shape index (κ2) is 9.07. The molecule has 4 aromatic rings. The summed E-state index contributed by atoms with van der Waals surface area (Å²) >= 11 is 0. The van der Waals surface area contributed by atoms with Crippen LogP contribution in [0.2, 0.25) is 0 Å². The maximum atomic E-state index is 13.0. The summed E-state index contributed by atoms with van der Waals surface area (Å²) in [4.78, 5) is 28.6. The van der Waals surface area contributed by atoms with Crippen LogP contribution in [0.5, 0.6) is 0 Å². The number of ketones is 1. The third kappa shape index (κ3) is 4.90. The first-order chi connectivity index (χ1) is 16.0. The minimum atomic E-state index is -0.00208. The lowest BCUT2D eigenvalue weighted by Crippen LogP contribution is -2.36. The van der Waals surface area contributed by atoms with E-state index in [4.69, 9.17) is 0 Å². The van der Waals surface area contributed by atoms with Crippen LogP contribution >= 0.6 is 0 Å². The van der Waals surface area contributed by atoms with Crippen molar-refractivity contribution in [2.75, 3.05) is 25.5 Å². The lowest BCUT2D eigenvalue weighted by molar-refractivity contribution is 0.0991. The SMILES string of the molecule is CN1CCC(Nc2cncc(C(=O)Cc3cc4cc(-c5cnn(C)c5)cnc4cn3)c2)CC1. The number of hydrogen-bond donors (Lipinski definition) is 1. The Morgan fingerprint density at radius 1 is 1.00 bits per heavy atom. The predicted octanol–water partition coefficient (Wildman–Crippen LogP) is 3.36. The predicted molar refractivity (Wildman–Crippen MR) is 128 cm³/mol. The molecule has 4 aromatic heterocycles. The molecule has 8 heteroatoms. The Labute approximate surface area is 192 Å². The summed E-state index contributed by atoms with van der Waals surface area (Å²) in [5, 5.41) is 8.71. The van der Waals surface area contributed by atoms with Crippen molar-refractivity contribution in [2.45, 2.75) is 25.3 Å². The van der Waals surface area contributed by atoms with E-state index in [1.165, 1.54) is 0 Å². The first-order valence-corrected chi connectivity index (χ1v) is 11.2. The molecule has 0 unspecified atom stereocenters. The molecule has 1 saturated heterocycles. The number of carbonyl (C=O) groups excluding carboxylic acids is 1. The van der Waals surface area contributed by atoms with Gasteiger partial charge in [-0.1, -0.05) is 0 Å². The van der Waals surface area contributed by atoms with Crippen LogP contribution in [0.3, 0.4) is 0 Å². The summed E-state index contributed by atoms with van der Waals surface area (Å²) in [6.45, 7) is 2.16. The average molecular weight is 442 g/mol. The molecule has 1 N–H and O–H groups in total. The molecular formula is C25H27N7O. The fourth-order valence-electron chi connectivity index (χ4n) is 4.23. The summed E-state index contributed by atoms with van der Waals surface area (Å²) in [5.41, 5.74) is 4.98. The van der Waals surface area contributed by atoms with Crippen molar-refractivity contribution in [3.05, 3.63) is 66.6 Å². The number of carbonyl (C=O) groups is 1. The number of pyridine rings is 3. The molecule has 5 rings (SSSR count). The van der Waals surface area contributed by atoms with Gasteiger partial charge in [0.2, 0.25) is 0 Å². The first-order valence-electron chi connectivity index (χ1n) is 11.2. The van der Waals surface area contributed by atoms with E-state index < -0.39 is 0 Å². The van der Waals surface area contributed by atoms with Gasteiger partial charge < -0.3 is 10.2 Å². The van der Waals surface area contributed by atoms with Crippen molar-refractivity contribution < 1.29 is 4.79 Å². The quantitative estimate of drug-likeness (QED) is 0.459. The van der Waals surface area contributed by atoms with Crippen LogP contribution in [0.1, 0.15) is 28.9 Å². The summed E-state index contributed by atoms with van der Waals surface area (Å²) in [7, 11) is 4.03. The van der Waals surface area contributed by atoms with Gasteiger partial charge in [-0.3, -0.25) is 24.4 Å². The van der Waals surface area contributed by atoms with E-state index in [9.17, 15) is 4.79 Å². The van der Waals surface area contributed by atoms with E-state index in [1.807, 2.05) is 37.8 Å². The lowest BCUT2D eigenvalue weighted by Gasteiger charge is -2.30. The van der Waals surface area contributed by atoms with Crippen molar-refractivity contribution in [3.8, 4) is 11.1 Å². The number of aryl methyl sites for hydroxylation is 1. The van der Waals surface area contributed by atoms with E-state index in [1.54, 1.807) is 23.3 Å². The largest absolute Gasteiger partial charge is 0.381 e. The maximum absolute atomic E-state index is 13.0. The van der Waals surface area contributed by atoms with Gasteiger partial charge in [0.25, 0.3) is 0 Å². The number of likely N-dealkylation sites (tertiary alicyclic amines) is 1. The van der Waals surface area contributed by atoms with Crippen molar-refractivity contribution in [2.24, 2.45) is 7.05 Å². The molecule has 1 aliphatic rings. The molecule has 0 aromatic carbocycles. The molecule has 1 aliphatic heterocycles. The van der Waals surface area contributed by atoms with E-state index in [-0.39, 0.29) is 12.2 Å². The van der Waals surface area contributed by atoms with E-state index >= 15 is 0 Å². The van der Waals surface area contributed by atoms with Gasteiger partial charge in [0.15, 0.2) is 5.78 Å². The van der Waals surface area contributed by atoms with Crippen LogP contribution in [0.15, 0.2) is 55.4 Å². The number of nitrogens with one attached hydrogen (secondary N) is 1. The summed E-state index contributed by atoms with van der Waals surface area (Å²) in [6.07, 6.45) is 13.1. The molecule has 0 atom stereocenters. The second-order valence-electron chi connectivity index (χ2n) is 8.78. The standard InChI is InChI=1S/C25H27N7O/c1-31-5-3-21(4-6-31)30-23-9-19(11-26-14-23)25(33)10-22-8-17-7-18(12-28-24(17)15-27-22)20-13-29-32(2)16-20/h7-9,11-16,21,30H,3-6,10H2,1-2H3. The molecule has 0 aliphatic carbocycles. The highest BCUT2D eigenvalue weighted by Crippen LogP contribution is 2.23. The van der Waals surface area contributed by atoms with Gasteiger partial charge in [0.1, 0.15) is 0 Å². The van der Waals surface area contributed by atoms with Crippen molar-refractivity contribution >= 4 is 22.4 Å². The molecule has 0 bridgehead atoms. The van der Waals surface area contributed by atoms with Gasteiger partial charge in [-0.05, 0) is 51.2 Å². The molecule has 8 nitrogen and oxygen atoms in total. The Morgan fingerprint density at radius 3 is 2.64 bits per heavy atom.